The van der Waals surface area contributed by atoms with Gasteiger partial charge in [0.15, 0.2) is 5.78 Å². The first kappa shape index (κ1) is 14.5. The number of aromatic nitrogens is 2. The Morgan fingerprint density at radius 2 is 2.05 bits per heavy atom. The fourth-order valence-corrected chi connectivity index (χ4v) is 3.27. The van der Waals surface area contributed by atoms with Gasteiger partial charge in [0.25, 0.3) is 0 Å². The number of allylic oxidation sites excluding steroid dienone is 2. The molecule has 19 heavy (non-hydrogen) atoms. The van der Waals surface area contributed by atoms with E-state index in [1.54, 1.807) is 0 Å². The van der Waals surface area contributed by atoms with Crippen molar-refractivity contribution in [3.8, 4) is 0 Å². The molecule has 104 valence electrons. The standard InChI is InChI=1S/C15H21BrN2O/c1-3-13-15(16)14(18(4-2)17-13)10-11-7-5-6-8-12(19)9-11/h9H,3-8,10H2,1-2H3. The first-order valence-corrected chi connectivity index (χ1v) is 7.91. The Balaban J connectivity index is 2.27. The van der Waals surface area contributed by atoms with Gasteiger partial charge in [-0.3, -0.25) is 9.48 Å². The molecule has 0 amide bonds. The van der Waals surface area contributed by atoms with Crippen molar-refractivity contribution >= 4 is 21.7 Å². The van der Waals surface area contributed by atoms with Crippen molar-refractivity contribution in [3.05, 3.63) is 27.5 Å². The van der Waals surface area contributed by atoms with E-state index in [0.717, 1.165) is 48.8 Å². The average molecular weight is 325 g/mol. The number of halogens is 1. The van der Waals surface area contributed by atoms with Crippen LogP contribution in [0, 0.1) is 0 Å². The molecule has 2 rings (SSSR count). The number of carbonyl (C=O) groups excluding carboxylic acids is 1. The smallest absolute Gasteiger partial charge is 0.155 e. The maximum atomic E-state index is 11.7. The highest BCUT2D eigenvalue weighted by molar-refractivity contribution is 9.10. The second kappa shape index (κ2) is 6.51. The molecule has 0 unspecified atom stereocenters. The number of hydrogen-bond donors (Lipinski definition) is 0. The molecule has 1 aromatic rings. The van der Waals surface area contributed by atoms with E-state index >= 15 is 0 Å². The summed E-state index contributed by atoms with van der Waals surface area (Å²) in [5, 5.41) is 4.61. The first-order chi connectivity index (χ1) is 9.15. The van der Waals surface area contributed by atoms with Crippen LogP contribution in [0.2, 0.25) is 0 Å². The monoisotopic (exact) mass is 324 g/mol. The second-order valence-corrected chi connectivity index (χ2v) is 5.82. The number of rotatable bonds is 4. The Morgan fingerprint density at radius 3 is 2.74 bits per heavy atom. The molecular weight excluding hydrogens is 304 g/mol. The molecule has 1 aromatic heterocycles. The highest BCUT2D eigenvalue weighted by Gasteiger charge is 2.16. The Labute approximate surface area is 123 Å². The third kappa shape index (κ3) is 3.35. The summed E-state index contributed by atoms with van der Waals surface area (Å²) in [6.07, 6.45) is 7.51. The maximum Gasteiger partial charge on any atom is 0.155 e. The number of carbonyl (C=O) groups is 1. The van der Waals surface area contributed by atoms with Crippen LogP contribution in [0.1, 0.15) is 50.9 Å². The van der Waals surface area contributed by atoms with E-state index < -0.39 is 0 Å². The molecule has 0 aromatic carbocycles. The Kier molecular flexibility index (Phi) is 4.97. The molecule has 0 N–H and O–H groups in total. The lowest BCUT2D eigenvalue weighted by atomic mass is 10.0. The van der Waals surface area contributed by atoms with Gasteiger partial charge in [0.05, 0.1) is 15.9 Å². The second-order valence-electron chi connectivity index (χ2n) is 5.03. The van der Waals surface area contributed by atoms with E-state index in [-0.39, 0.29) is 5.78 Å². The van der Waals surface area contributed by atoms with E-state index in [2.05, 4.69) is 39.6 Å². The Bertz CT molecular complexity index is 502. The summed E-state index contributed by atoms with van der Waals surface area (Å²) < 4.78 is 3.17. The van der Waals surface area contributed by atoms with E-state index in [9.17, 15) is 4.79 Å². The van der Waals surface area contributed by atoms with Crippen LogP contribution in [-0.4, -0.2) is 15.6 Å². The number of hydrogen-bond acceptors (Lipinski definition) is 2. The van der Waals surface area contributed by atoms with Gasteiger partial charge in [0.1, 0.15) is 0 Å². The van der Waals surface area contributed by atoms with Gasteiger partial charge >= 0.3 is 0 Å². The van der Waals surface area contributed by atoms with Gasteiger partial charge in [-0.25, -0.2) is 0 Å². The normalized spacial score (nSPS) is 16.4. The van der Waals surface area contributed by atoms with Crippen LogP contribution in [0.25, 0.3) is 0 Å². The van der Waals surface area contributed by atoms with Crippen molar-refractivity contribution in [2.24, 2.45) is 0 Å². The largest absolute Gasteiger partial charge is 0.295 e. The van der Waals surface area contributed by atoms with Gasteiger partial charge in [-0.1, -0.05) is 12.5 Å². The fourth-order valence-electron chi connectivity index (χ4n) is 2.56. The van der Waals surface area contributed by atoms with Crippen LogP contribution in [0.5, 0.6) is 0 Å². The molecule has 0 radical (unpaired) electrons. The predicted octanol–water partition coefficient (Wildman–Crippen LogP) is 3.84. The van der Waals surface area contributed by atoms with Crippen LogP contribution >= 0.6 is 15.9 Å². The molecule has 0 saturated heterocycles. The molecule has 1 aliphatic carbocycles. The molecule has 0 bridgehead atoms. The van der Waals surface area contributed by atoms with Crippen LogP contribution < -0.4 is 0 Å². The fraction of sp³-hybridized carbons (Fsp3) is 0.600. The quantitative estimate of drug-likeness (QED) is 0.843. The van der Waals surface area contributed by atoms with Crippen molar-refractivity contribution in [1.29, 1.82) is 0 Å². The topological polar surface area (TPSA) is 34.9 Å². The zero-order valence-electron chi connectivity index (χ0n) is 11.7. The Hall–Kier alpha value is -0.900. The van der Waals surface area contributed by atoms with Gasteiger partial charge < -0.3 is 0 Å². The molecule has 0 spiro atoms. The van der Waals surface area contributed by atoms with Crippen LogP contribution in [-0.2, 0) is 24.2 Å². The summed E-state index contributed by atoms with van der Waals surface area (Å²) in [7, 11) is 0. The van der Waals surface area contributed by atoms with Crippen molar-refractivity contribution in [2.75, 3.05) is 0 Å². The average Bonchev–Trinajstić information content (AvgIpc) is 2.57. The van der Waals surface area contributed by atoms with Crippen molar-refractivity contribution in [1.82, 2.24) is 9.78 Å². The summed E-state index contributed by atoms with van der Waals surface area (Å²) in [5.41, 5.74) is 3.57. The summed E-state index contributed by atoms with van der Waals surface area (Å²) in [5.74, 6) is 0.280. The lowest BCUT2D eigenvalue weighted by Gasteiger charge is -2.08. The summed E-state index contributed by atoms with van der Waals surface area (Å²) >= 11 is 3.67. The third-order valence-corrected chi connectivity index (χ3v) is 4.54. The van der Waals surface area contributed by atoms with Gasteiger partial charge in [-0.15, -0.1) is 0 Å². The van der Waals surface area contributed by atoms with E-state index in [0.29, 0.717) is 6.42 Å². The van der Waals surface area contributed by atoms with Crippen molar-refractivity contribution in [3.63, 3.8) is 0 Å². The van der Waals surface area contributed by atoms with Gasteiger partial charge in [-0.2, -0.15) is 5.10 Å². The maximum absolute atomic E-state index is 11.7. The number of nitrogens with zero attached hydrogens (tertiary/aromatic N) is 2. The highest BCUT2D eigenvalue weighted by atomic mass is 79.9. The van der Waals surface area contributed by atoms with Crippen molar-refractivity contribution < 1.29 is 4.79 Å². The zero-order chi connectivity index (χ0) is 13.8. The highest BCUT2D eigenvalue weighted by Crippen LogP contribution is 2.27. The number of aryl methyl sites for hydroxylation is 2. The SMILES string of the molecule is CCc1nn(CC)c(CC2=CC(=O)CCCC2)c1Br. The van der Waals surface area contributed by atoms with Gasteiger partial charge in [0, 0.05) is 19.4 Å². The summed E-state index contributed by atoms with van der Waals surface area (Å²) in [4.78, 5) is 11.7. The van der Waals surface area contributed by atoms with Gasteiger partial charge in [-0.05, 0) is 54.6 Å². The van der Waals surface area contributed by atoms with E-state index in [4.69, 9.17) is 0 Å². The molecule has 0 atom stereocenters. The Morgan fingerprint density at radius 1 is 1.32 bits per heavy atom. The lowest BCUT2D eigenvalue weighted by Crippen LogP contribution is -2.05. The molecule has 0 fully saturated rings. The first-order valence-electron chi connectivity index (χ1n) is 7.12. The van der Waals surface area contributed by atoms with Crippen LogP contribution in [0.3, 0.4) is 0 Å². The minimum Gasteiger partial charge on any atom is -0.295 e. The van der Waals surface area contributed by atoms with Crippen molar-refractivity contribution in [2.45, 2.75) is 58.9 Å². The molecular formula is C15H21BrN2O. The minimum absolute atomic E-state index is 0.280. The zero-order valence-corrected chi connectivity index (χ0v) is 13.3. The van der Waals surface area contributed by atoms with Crippen LogP contribution in [0.15, 0.2) is 16.1 Å². The molecule has 3 nitrogen and oxygen atoms in total. The van der Waals surface area contributed by atoms with Crippen LogP contribution in [0.4, 0.5) is 0 Å². The molecule has 1 heterocycles. The predicted molar refractivity (Wildman–Crippen MR) is 80.2 cm³/mol. The number of ketones is 1. The summed E-state index contributed by atoms with van der Waals surface area (Å²) in [6, 6.07) is 0. The molecule has 1 aliphatic rings. The molecule has 0 aliphatic heterocycles. The van der Waals surface area contributed by atoms with E-state index in [1.807, 2.05) is 6.08 Å². The summed E-state index contributed by atoms with van der Waals surface area (Å²) in [6.45, 7) is 5.09. The van der Waals surface area contributed by atoms with Gasteiger partial charge in [0.2, 0.25) is 0 Å². The minimum atomic E-state index is 0.280. The third-order valence-electron chi connectivity index (χ3n) is 3.62. The molecule has 0 saturated carbocycles. The lowest BCUT2D eigenvalue weighted by molar-refractivity contribution is -0.114. The molecule has 4 heteroatoms. The van der Waals surface area contributed by atoms with E-state index in [1.165, 1.54) is 11.3 Å².